The van der Waals surface area contributed by atoms with E-state index in [1.54, 1.807) is 4.90 Å². The van der Waals surface area contributed by atoms with Gasteiger partial charge in [-0.25, -0.2) is 0 Å². The largest absolute Gasteiger partial charge is 0.317 e. The van der Waals surface area contributed by atoms with Gasteiger partial charge in [0.2, 0.25) is 5.91 Å². The molecule has 88 valence electrons. The topological polar surface area (TPSA) is 70.1 Å². The maximum absolute atomic E-state index is 12.2. The van der Waals surface area contributed by atoms with Crippen LogP contribution in [-0.4, -0.2) is 18.0 Å². The number of nitriles is 1. The third-order valence-corrected chi connectivity index (χ3v) is 2.97. The van der Waals surface area contributed by atoms with E-state index in [-0.39, 0.29) is 5.91 Å². The lowest BCUT2D eigenvalue weighted by Gasteiger charge is -2.24. The van der Waals surface area contributed by atoms with Crippen LogP contribution in [0.3, 0.4) is 0 Å². The quantitative estimate of drug-likeness (QED) is 0.848. The van der Waals surface area contributed by atoms with Gasteiger partial charge in [-0.05, 0) is 25.0 Å². The van der Waals surface area contributed by atoms with Gasteiger partial charge in [-0.2, -0.15) is 5.26 Å². The number of benzene rings is 1. The fraction of sp³-hybridized carbons (Fsp3) is 0.385. The summed E-state index contributed by atoms with van der Waals surface area (Å²) < 4.78 is 0. The molecule has 1 aliphatic carbocycles. The monoisotopic (exact) mass is 229 g/mol. The standard InChI is InChI=1S/C13H15N3O/c14-9-4-10-16(11-5-2-1-3-6-11)12(17)13(15)7-8-13/h1-3,5-6H,4,7-8,10,15H2. The Labute approximate surface area is 101 Å². The zero-order valence-corrected chi connectivity index (χ0v) is 9.60. The Morgan fingerprint density at radius 1 is 1.41 bits per heavy atom. The Morgan fingerprint density at radius 2 is 2.06 bits per heavy atom. The highest BCUT2D eigenvalue weighted by atomic mass is 16.2. The Bertz CT molecular complexity index is 445. The van der Waals surface area contributed by atoms with Gasteiger partial charge in [-0.15, -0.1) is 0 Å². The summed E-state index contributed by atoms with van der Waals surface area (Å²) in [5.41, 5.74) is 6.05. The van der Waals surface area contributed by atoms with Gasteiger partial charge in [0.15, 0.2) is 0 Å². The lowest BCUT2D eigenvalue weighted by atomic mass is 10.2. The number of carbonyl (C=O) groups is 1. The molecule has 0 aromatic heterocycles. The maximum Gasteiger partial charge on any atom is 0.247 e. The Kier molecular flexibility index (Phi) is 3.12. The van der Waals surface area contributed by atoms with Crippen LogP contribution in [0.2, 0.25) is 0 Å². The molecule has 0 heterocycles. The van der Waals surface area contributed by atoms with E-state index in [1.165, 1.54) is 0 Å². The van der Waals surface area contributed by atoms with E-state index in [2.05, 4.69) is 6.07 Å². The highest BCUT2D eigenvalue weighted by molar-refractivity contribution is 6.02. The minimum atomic E-state index is -0.689. The number of amides is 1. The number of nitrogens with zero attached hydrogens (tertiary/aromatic N) is 2. The van der Waals surface area contributed by atoms with Crippen LogP contribution in [0.4, 0.5) is 5.69 Å². The van der Waals surface area contributed by atoms with Crippen molar-refractivity contribution in [3.63, 3.8) is 0 Å². The zero-order chi connectivity index (χ0) is 12.3. The third kappa shape index (κ3) is 2.45. The van der Waals surface area contributed by atoms with Crippen LogP contribution in [0, 0.1) is 11.3 Å². The van der Waals surface area contributed by atoms with Crippen molar-refractivity contribution in [2.45, 2.75) is 24.8 Å². The molecule has 1 aromatic rings. The van der Waals surface area contributed by atoms with Crippen LogP contribution in [0.5, 0.6) is 0 Å². The van der Waals surface area contributed by atoms with Crippen LogP contribution in [0.25, 0.3) is 0 Å². The molecular weight excluding hydrogens is 214 g/mol. The summed E-state index contributed by atoms with van der Waals surface area (Å²) in [7, 11) is 0. The molecule has 0 bridgehead atoms. The molecule has 17 heavy (non-hydrogen) atoms. The van der Waals surface area contributed by atoms with E-state index in [1.807, 2.05) is 30.3 Å². The third-order valence-electron chi connectivity index (χ3n) is 2.97. The summed E-state index contributed by atoms with van der Waals surface area (Å²) in [4.78, 5) is 13.8. The second-order valence-electron chi connectivity index (χ2n) is 4.36. The Balaban J connectivity index is 2.20. The molecule has 0 aliphatic heterocycles. The highest BCUT2D eigenvalue weighted by Crippen LogP contribution is 2.35. The molecule has 1 saturated carbocycles. The molecule has 0 saturated heterocycles. The van der Waals surface area contributed by atoms with Crippen molar-refractivity contribution in [1.29, 1.82) is 5.26 Å². The van der Waals surface area contributed by atoms with Gasteiger partial charge < -0.3 is 10.6 Å². The van der Waals surface area contributed by atoms with Crippen molar-refractivity contribution in [3.05, 3.63) is 30.3 Å². The molecule has 1 aliphatic rings. The van der Waals surface area contributed by atoms with E-state index < -0.39 is 5.54 Å². The molecule has 1 aromatic carbocycles. The minimum Gasteiger partial charge on any atom is -0.317 e. The van der Waals surface area contributed by atoms with Gasteiger partial charge in [0, 0.05) is 12.2 Å². The van der Waals surface area contributed by atoms with Crippen LogP contribution >= 0.6 is 0 Å². The van der Waals surface area contributed by atoms with Crippen molar-refractivity contribution in [2.24, 2.45) is 5.73 Å². The summed E-state index contributed by atoms with van der Waals surface area (Å²) >= 11 is 0. The second kappa shape index (κ2) is 4.56. The molecule has 0 atom stereocenters. The van der Waals surface area contributed by atoms with Crippen LogP contribution in [0.15, 0.2) is 30.3 Å². The smallest absolute Gasteiger partial charge is 0.247 e. The molecule has 0 unspecified atom stereocenters. The molecule has 2 rings (SSSR count). The van der Waals surface area contributed by atoms with E-state index in [4.69, 9.17) is 11.0 Å². The number of para-hydroxylation sites is 1. The first-order chi connectivity index (χ1) is 8.17. The predicted molar refractivity (Wildman–Crippen MR) is 65.2 cm³/mol. The lowest BCUT2D eigenvalue weighted by Crippen LogP contribution is -2.46. The first-order valence-electron chi connectivity index (χ1n) is 5.70. The minimum absolute atomic E-state index is 0.0704. The molecular formula is C13H15N3O. The van der Waals surface area contributed by atoms with Gasteiger partial charge in [-0.1, -0.05) is 18.2 Å². The van der Waals surface area contributed by atoms with E-state index in [0.717, 1.165) is 18.5 Å². The second-order valence-corrected chi connectivity index (χ2v) is 4.36. The maximum atomic E-state index is 12.2. The van der Waals surface area contributed by atoms with Crippen molar-refractivity contribution in [2.75, 3.05) is 11.4 Å². The van der Waals surface area contributed by atoms with Gasteiger partial charge >= 0.3 is 0 Å². The number of anilines is 1. The average molecular weight is 229 g/mol. The summed E-state index contributed by atoms with van der Waals surface area (Å²) in [6.07, 6.45) is 1.79. The Morgan fingerprint density at radius 3 is 2.59 bits per heavy atom. The molecule has 4 heteroatoms. The Hall–Kier alpha value is -1.86. The number of carbonyl (C=O) groups excluding carboxylic acids is 1. The molecule has 1 fully saturated rings. The fourth-order valence-electron chi connectivity index (χ4n) is 1.73. The predicted octanol–water partition coefficient (Wildman–Crippen LogP) is 1.42. The highest BCUT2D eigenvalue weighted by Gasteiger charge is 2.48. The molecule has 0 spiro atoms. The van der Waals surface area contributed by atoms with Crippen molar-refractivity contribution < 1.29 is 4.79 Å². The van der Waals surface area contributed by atoms with Crippen molar-refractivity contribution >= 4 is 11.6 Å². The SMILES string of the molecule is N#CCCN(C(=O)C1(N)CC1)c1ccccc1. The van der Waals surface area contributed by atoms with Crippen LogP contribution in [0.1, 0.15) is 19.3 Å². The van der Waals surface area contributed by atoms with Gasteiger partial charge in [-0.3, -0.25) is 4.79 Å². The lowest BCUT2D eigenvalue weighted by molar-refractivity contribution is -0.120. The van der Waals surface area contributed by atoms with Gasteiger partial charge in [0.25, 0.3) is 0 Å². The van der Waals surface area contributed by atoms with E-state index >= 15 is 0 Å². The number of rotatable bonds is 4. The summed E-state index contributed by atoms with van der Waals surface area (Å²) in [5, 5.41) is 8.64. The number of nitrogens with two attached hydrogens (primary N) is 1. The van der Waals surface area contributed by atoms with E-state index in [9.17, 15) is 4.79 Å². The molecule has 2 N–H and O–H groups in total. The average Bonchev–Trinajstić information content (AvgIpc) is 3.10. The first kappa shape index (κ1) is 11.6. The fourth-order valence-corrected chi connectivity index (χ4v) is 1.73. The summed E-state index contributed by atoms with van der Waals surface area (Å²) in [6.45, 7) is 0.401. The van der Waals surface area contributed by atoms with Crippen molar-refractivity contribution in [1.82, 2.24) is 0 Å². The van der Waals surface area contributed by atoms with E-state index in [0.29, 0.717) is 13.0 Å². The van der Waals surface area contributed by atoms with Crippen LogP contribution in [-0.2, 0) is 4.79 Å². The first-order valence-corrected chi connectivity index (χ1v) is 5.70. The molecule has 4 nitrogen and oxygen atoms in total. The molecule has 1 amide bonds. The van der Waals surface area contributed by atoms with Gasteiger partial charge in [0.1, 0.15) is 0 Å². The zero-order valence-electron chi connectivity index (χ0n) is 9.60. The number of hydrogen-bond acceptors (Lipinski definition) is 3. The van der Waals surface area contributed by atoms with Gasteiger partial charge in [0.05, 0.1) is 18.0 Å². The molecule has 0 radical (unpaired) electrons. The summed E-state index contributed by atoms with van der Waals surface area (Å²) in [6, 6.07) is 11.4. The van der Waals surface area contributed by atoms with Crippen LogP contribution < -0.4 is 10.6 Å². The number of hydrogen-bond donors (Lipinski definition) is 1. The summed E-state index contributed by atoms with van der Waals surface area (Å²) in [5.74, 6) is -0.0704. The van der Waals surface area contributed by atoms with Crippen molar-refractivity contribution in [3.8, 4) is 6.07 Å². The normalized spacial score (nSPS) is 16.0.